The first-order valence-corrected chi connectivity index (χ1v) is 4.52. The van der Waals surface area contributed by atoms with Gasteiger partial charge >= 0.3 is 0 Å². The number of carbonyl (C=O) groups is 1. The number of hydrogen-bond acceptors (Lipinski definition) is 2. The molecule has 2 rings (SSSR count). The van der Waals surface area contributed by atoms with Crippen LogP contribution in [0.5, 0.6) is 0 Å². The Hall–Kier alpha value is -1.90. The van der Waals surface area contributed by atoms with Crippen molar-refractivity contribution in [2.45, 2.75) is 6.92 Å². The van der Waals surface area contributed by atoms with Gasteiger partial charge in [0.25, 0.3) is 0 Å². The summed E-state index contributed by atoms with van der Waals surface area (Å²) in [5.41, 5.74) is 1.32. The maximum absolute atomic E-state index is 13.4. The molecule has 0 atom stereocenters. The highest BCUT2D eigenvalue weighted by atomic mass is 19.1. The van der Waals surface area contributed by atoms with Gasteiger partial charge in [-0.2, -0.15) is 0 Å². The van der Waals surface area contributed by atoms with Crippen LogP contribution in [0.4, 0.5) is 4.39 Å². The first-order chi connectivity index (χ1) is 7.20. The van der Waals surface area contributed by atoms with E-state index in [9.17, 15) is 9.18 Å². The summed E-state index contributed by atoms with van der Waals surface area (Å²) in [5, 5.41) is 0. The Labute approximate surface area is 86.3 Å². The van der Waals surface area contributed by atoms with Crippen LogP contribution in [0.15, 0.2) is 34.7 Å². The van der Waals surface area contributed by atoms with Gasteiger partial charge in [-0.25, -0.2) is 4.39 Å². The van der Waals surface area contributed by atoms with Crippen molar-refractivity contribution in [3.05, 3.63) is 47.5 Å². The Bertz CT molecular complexity index is 500. The van der Waals surface area contributed by atoms with Crippen molar-refractivity contribution in [3.63, 3.8) is 0 Å². The monoisotopic (exact) mass is 204 g/mol. The van der Waals surface area contributed by atoms with Gasteiger partial charge in [-0.15, -0.1) is 0 Å². The molecule has 1 aromatic heterocycles. The summed E-state index contributed by atoms with van der Waals surface area (Å²) in [5.74, 6) is 0.219. The van der Waals surface area contributed by atoms with Crippen molar-refractivity contribution in [1.82, 2.24) is 0 Å². The quantitative estimate of drug-likeness (QED) is 0.703. The standard InChI is InChI=1S/C12H9FO2/c1-8-2-4-11(13)10(6-8)12-5-3-9(7-14)15-12/h2-7H,1H3. The van der Waals surface area contributed by atoms with Crippen molar-refractivity contribution in [1.29, 1.82) is 0 Å². The maximum Gasteiger partial charge on any atom is 0.185 e. The third-order valence-electron chi connectivity index (χ3n) is 2.13. The molecule has 0 saturated heterocycles. The van der Waals surface area contributed by atoms with E-state index in [1.54, 1.807) is 18.2 Å². The molecule has 1 heterocycles. The number of benzene rings is 1. The lowest BCUT2D eigenvalue weighted by Crippen LogP contribution is -1.83. The molecule has 3 heteroatoms. The molecule has 0 unspecified atom stereocenters. The smallest absolute Gasteiger partial charge is 0.185 e. The molecule has 0 aliphatic carbocycles. The van der Waals surface area contributed by atoms with Crippen LogP contribution in [0.25, 0.3) is 11.3 Å². The lowest BCUT2D eigenvalue weighted by molar-refractivity contribution is 0.110. The SMILES string of the molecule is Cc1ccc(F)c(-c2ccc(C=O)o2)c1. The first-order valence-electron chi connectivity index (χ1n) is 4.52. The minimum absolute atomic E-state index is 0.200. The first kappa shape index (κ1) is 9.65. The molecule has 0 amide bonds. The third kappa shape index (κ3) is 1.81. The minimum Gasteiger partial charge on any atom is -0.453 e. The second-order valence-corrected chi connectivity index (χ2v) is 3.30. The van der Waals surface area contributed by atoms with Crippen LogP contribution in [0.1, 0.15) is 16.1 Å². The van der Waals surface area contributed by atoms with E-state index < -0.39 is 0 Å². The second kappa shape index (κ2) is 3.69. The molecule has 2 nitrogen and oxygen atoms in total. The van der Waals surface area contributed by atoms with Gasteiger partial charge in [0.1, 0.15) is 11.6 Å². The summed E-state index contributed by atoms with van der Waals surface area (Å²) in [6.07, 6.45) is 0.594. The maximum atomic E-state index is 13.4. The van der Waals surface area contributed by atoms with Crippen molar-refractivity contribution in [3.8, 4) is 11.3 Å². The average Bonchev–Trinajstić information content (AvgIpc) is 2.70. The fourth-order valence-corrected chi connectivity index (χ4v) is 1.39. The van der Waals surface area contributed by atoms with Crippen molar-refractivity contribution >= 4 is 6.29 Å². The van der Waals surface area contributed by atoms with E-state index in [0.29, 0.717) is 17.6 Å². The lowest BCUT2D eigenvalue weighted by atomic mass is 10.1. The van der Waals surface area contributed by atoms with E-state index in [1.165, 1.54) is 12.1 Å². The van der Waals surface area contributed by atoms with Crippen molar-refractivity contribution in [2.75, 3.05) is 0 Å². The Morgan fingerprint density at radius 3 is 2.73 bits per heavy atom. The molecule has 76 valence electrons. The molecule has 2 aromatic rings. The van der Waals surface area contributed by atoms with Gasteiger partial charge in [0.15, 0.2) is 12.0 Å². The molecule has 0 spiro atoms. The summed E-state index contributed by atoms with van der Waals surface area (Å²) < 4.78 is 18.6. The minimum atomic E-state index is -0.354. The summed E-state index contributed by atoms with van der Waals surface area (Å²) in [6.45, 7) is 1.87. The molecule has 1 aromatic carbocycles. The lowest BCUT2D eigenvalue weighted by Gasteiger charge is -2.00. The summed E-state index contributed by atoms with van der Waals surface area (Å²) >= 11 is 0. The zero-order valence-corrected chi connectivity index (χ0v) is 8.16. The number of hydrogen-bond donors (Lipinski definition) is 0. The number of halogens is 1. The van der Waals surface area contributed by atoms with Crippen LogP contribution in [-0.4, -0.2) is 6.29 Å². The molecular weight excluding hydrogens is 195 g/mol. The molecule has 0 aliphatic heterocycles. The Morgan fingerprint density at radius 2 is 2.07 bits per heavy atom. The van der Waals surface area contributed by atoms with E-state index in [-0.39, 0.29) is 11.6 Å². The zero-order valence-electron chi connectivity index (χ0n) is 8.16. The normalized spacial score (nSPS) is 10.3. The topological polar surface area (TPSA) is 30.2 Å². The summed E-state index contributed by atoms with van der Waals surface area (Å²) in [6, 6.07) is 7.85. The third-order valence-corrected chi connectivity index (χ3v) is 2.13. The second-order valence-electron chi connectivity index (χ2n) is 3.30. The molecule has 0 radical (unpaired) electrons. The molecule has 0 saturated carbocycles. The van der Waals surface area contributed by atoms with Crippen LogP contribution in [-0.2, 0) is 0 Å². The molecular formula is C12H9FO2. The largest absolute Gasteiger partial charge is 0.453 e. The van der Waals surface area contributed by atoms with Crippen molar-refractivity contribution < 1.29 is 13.6 Å². The zero-order chi connectivity index (χ0) is 10.8. The van der Waals surface area contributed by atoms with Crippen LogP contribution in [0, 0.1) is 12.7 Å². The molecule has 0 bridgehead atoms. The van der Waals surface area contributed by atoms with E-state index >= 15 is 0 Å². The number of carbonyl (C=O) groups excluding carboxylic acids is 1. The summed E-state index contributed by atoms with van der Waals surface area (Å²) in [4.78, 5) is 10.4. The van der Waals surface area contributed by atoms with Gasteiger partial charge in [-0.05, 0) is 31.2 Å². The molecule has 15 heavy (non-hydrogen) atoms. The van der Waals surface area contributed by atoms with E-state index in [4.69, 9.17) is 4.42 Å². The Kier molecular flexibility index (Phi) is 2.37. The van der Waals surface area contributed by atoms with Crippen LogP contribution >= 0.6 is 0 Å². The molecule has 0 fully saturated rings. The summed E-state index contributed by atoms with van der Waals surface area (Å²) in [7, 11) is 0. The van der Waals surface area contributed by atoms with Gasteiger partial charge < -0.3 is 4.42 Å². The van der Waals surface area contributed by atoms with Gasteiger partial charge in [0, 0.05) is 0 Å². The van der Waals surface area contributed by atoms with Gasteiger partial charge in [0.05, 0.1) is 5.56 Å². The Balaban J connectivity index is 2.52. The fraction of sp³-hybridized carbons (Fsp3) is 0.0833. The predicted octanol–water partition coefficient (Wildman–Crippen LogP) is 3.21. The average molecular weight is 204 g/mol. The number of furan rings is 1. The number of aldehydes is 1. The number of aryl methyl sites for hydroxylation is 1. The predicted molar refractivity (Wildman–Crippen MR) is 54.2 cm³/mol. The van der Waals surface area contributed by atoms with Crippen LogP contribution < -0.4 is 0 Å². The number of rotatable bonds is 2. The van der Waals surface area contributed by atoms with E-state index in [1.807, 2.05) is 6.92 Å². The highest BCUT2D eigenvalue weighted by Crippen LogP contribution is 2.25. The fourth-order valence-electron chi connectivity index (χ4n) is 1.39. The van der Waals surface area contributed by atoms with Crippen molar-refractivity contribution in [2.24, 2.45) is 0 Å². The molecule has 0 N–H and O–H groups in total. The highest BCUT2D eigenvalue weighted by molar-refractivity contribution is 5.73. The van der Waals surface area contributed by atoms with Crippen LogP contribution in [0.3, 0.4) is 0 Å². The molecule has 0 aliphatic rings. The van der Waals surface area contributed by atoms with Gasteiger partial charge in [-0.1, -0.05) is 11.6 Å². The van der Waals surface area contributed by atoms with E-state index in [0.717, 1.165) is 5.56 Å². The van der Waals surface area contributed by atoms with E-state index in [2.05, 4.69) is 0 Å². The van der Waals surface area contributed by atoms with Gasteiger partial charge in [0.2, 0.25) is 0 Å². The Morgan fingerprint density at radius 1 is 1.27 bits per heavy atom. The van der Waals surface area contributed by atoms with Gasteiger partial charge in [-0.3, -0.25) is 4.79 Å². The highest BCUT2D eigenvalue weighted by Gasteiger charge is 2.09. The van der Waals surface area contributed by atoms with Crippen LogP contribution in [0.2, 0.25) is 0 Å².